The monoisotopic (exact) mass is 884 g/mol. The maximum absolute atomic E-state index is 14.6. The van der Waals surface area contributed by atoms with E-state index in [4.69, 9.17) is 0 Å². The second-order valence-electron chi connectivity index (χ2n) is 17.1. The van der Waals surface area contributed by atoms with E-state index in [9.17, 15) is 5.11 Å². The minimum atomic E-state index is -3.15. The molecule has 1 aromatic carbocycles. The molecule has 0 bridgehead atoms. The molecule has 0 aliphatic rings. The number of rotatable bonds is 25. The van der Waals surface area contributed by atoms with Crippen molar-refractivity contribution in [3.63, 3.8) is 0 Å². The van der Waals surface area contributed by atoms with E-state index in [-0.39, 0.29) is 0 Å². The first-order valence-corrected chi connectivity index (χ1v) is 42.0. The van der Waals surface area contributed by atoms with Crippen molar-refractivity contribution in [2.75, 3.05) is 0 Å². The summed E-state index contributed by atoms with van der Waals surface area (Å²) in [4.78, 5) is 0. The standard InChI is InChI=1S/C17H26OSi2.6C4H9.2Sn/c1-19(2,3)14-12-17(18,13-15-20(4,5)6)16-10-8-7-9-11-16;6*1-3-4-2;;/h7-11,14-15,18H,1-6H3;6*1,3-4H2,2H3;;. The third-order valence-corrected chi connectivity index (χ3v) is 46.1. The summed E-state index contributed by atoms with van der Waals surface area (Å²) in [5, 5.41) is 14.6. The number of hydrogen-bond acceptors (Lipinski definition) is 1. The van der Waals surface area contributed by atoms with Crippen LogP contribution in [0.5, 0.6) is 0 Å². The Labute approximate surface area is 300 Å². The van der Waals surface area contributed by atoms with Crippen LogP contribution in [0.1, 0.15) is 124 Å². The fourth-order valence-corrected chi connectivity index (χ4v) is 56.9. The van der Waals surface area contributed by atoms with Gasteiger partial charge in [-0.15, -0.1) is 0 Å². The van der Waals surface area contributed by atoms with Crippen LogP contribution in [0.25, 0.3) is 0 Å². The quantitative estimate of drug-likeness (QED) is 0.0970. The van der Waals surface area contributed by atoms with Gasteiger partial charge in [0.05, 0.1) is 0 Å². The van der Waals surface area contributed by atoms with Crippen molar-refractivity contribution in [3.8, 4) is 0 Å². The SMILES string of the molecule is CCC[CH2][Sn]([CH2]CCC)([CH2]CCC)/[C](=C\[Si](C)(C)C)C(O)(/[C](=C/[Si](C)(C)C)[Sn]([CH2]CCC)([CH2]CCC)[CH2]CCC)c1ccccc1. The molecule has 0 fully saturated rings. The predicted octanol–water partition coefficient (Wildman–Crippen LogP) is 14.3. The zero-order valence-electron chi connectivity index (χ0n) is 33.2. The molecule has 266 valence electrons. The zero-order valence-corrected chi connectivity index (χ0v) is 40.9. The summed E-state index contributed by atoms with van der Waals surface area (Å²) >= 11 is -6.30. The van der Waals surface area contributed by atoms with E-state index in [1.165, 1.54) is 109 Å². The molecule has 0 amide bonds. The van der Waals surface area contributed by atoms with Crippen LogP contribution in [0.4, 0.5) is 0 Å². The Bertz CT molecular complexity index is 916. The van der Waals surface area contributed by atoms with Crippen molar-refractivity contribution in [2.45, 2.75) is 190 Å². The molecule has 1 rings (SSSR count). The van der Waals surface area contributed by atoms with Crippen molar-refractivity contribution in [2.24, 2.45) is 0 Å². The molecule has 0 aliphatic heterocycles. The van der Waals surface area contributed by atoms with Crippen LogP contribution < -0.4 is 0 Å². The number of unbranched alkanes of at least 4 members (excludes halogenated alkanes) is 6. The van der Waals surface area contributed by atoms with Crippen molar-refractivity contribution in [3.05, 3.63) is 54.5 Å². The van der Waals surface area contributed by atoms with Gasteiger partial charge in [-0.05, 0) is 0 Å². The molecule has 0 aromatic heterocycles. The molecule has 46 heavy (non-hydrogen) atoms. The summed E-state index contributed by atoms with van der Waals surface area (Å²) in [7, 11) is -3.38. The van der Waals surface area contributed by atoms with Crippen molar-refractivity contribution in [1.82, 2.24) is 0 Å². The topological polar surface area (TPSA) is 20.2 Å². The summed E-state index contributed by atoms with van der Waals surface area (Å²) < 4.78 is 11.8. The third-order valence-electron chi connectivity index (χ3n) is 10.3. The fourth-order valence-electron chi connectivity index (χ4n) is 7.93. The van der Waals surface area contributed by atoms with Crippen LogP contribution in [0.3, 0.4) is 0 Å². The molecular weight excluding hydrogens is 802 g/mol. The van der Waals surface area contributed by atoms with Crippen LogP contribution in [0, 0.1) is 0 Å². The van der Waals surface area contributed by atoms with Gasteiger partial charge in [0.2, 0.25) is 0 Å². The van der Waals surface area contributed by atoms with Gasteiger partial charge in [0.25, 0.3) is 0 Å². The molecule has 0 saturated carbocycles. The first-order chi connectivity index (χ1) is 21.6. The molecule has 1 aromatic rings. The second kappa shape index (κ2) is 21.8. The van der Waals surface area contributed by atoms with Gasteiger partial charge in [-0.2, -0.15) is 0 Å². The van der Waals surface area contributed by atoms with Gasteiger partial charge in [-0.3, -0.25) is 0 Å². The molecule has 0 radical (unpaired) electrons. The first kappa shape index (κ1) is 44.7. The summed E-state index contributed by atoms with van der Waals surface area (Å²) in [6.45, 7) is 29.7. The van der Waals surface area contributed by atoms with E-state index in [2.05, 4.69) is 123 Å². The van der Waals surface area contributed by atoms with Crippen molar-refractivity contribution >= 4 is 52.9 Å². The second-order valence-corrected chi connectivity index (χ2v) is 53.4. The molecule has 5 heteroatoms. The van der Waals surface area contributed by atoms with Gasteiger partial charge in [0.1, 0.15) is 0 Å². The van der Waals surface area contributed by atoms with Crippen molar-refractivity contribution < 1.29 is 5.11 Å². The van der Waals surface area contributed by atoms with Crippen LogP contribution in [-0.2, 0) is 5.60 Å². The van der Waals surface area contributed by atoms with Gasteiger partial charge in [-0.1, -0.05) is 0 Å². The Morgan fingerprint density at radius 2 is 0.783 bits per heavy atom. The van der Waals surface area contributed by atoms with Gasteiger partial charge >= 0.3 is 303 Å². The van der Waals surface area contributed by atoms with E-state index in [1.807, 2.05) is 0 Å². The van der Waals surface area contributed by atoms with Gasteiger partial charge < -0.3 is 0 Å². The van der Waals surface area contributed by atoms with E-state index in [0.717, 1.165) is 0 Å². The van der Waals surface area contributed by atoms with Crippen LogP contribution in [-0.4, -0.2) is 58.0 Å². The van der Waals surface area contributed by atoms with Crippen LogP contribution in [0.15, 0.2) is 48.9 Å². The van der Waals surface area contributed by atoms with Crippen LogP contribution in [0.2, 0.25) is 65.9 Å². The van der Waals surface area contributed by atoms with Gasteiger partial charge in [0.15, 0.2) is 0 Å². The number of benzene rings is 1. The van der Waals surface area contributed by atoms with Crippen molar-refractivity contribution in [1.29, 1.82) is 0 Å². The summed E-state index contributed by atoms with van der Waals surface area (Å²) in [6.07, 6.45) is 15.6. The summed E-state index contributed by atoms with van der Waals surface area (Å²) in [5.74, 6) is 0. The predicted molar refractivity (Wildman–Crippen MR) is 223 cm³/mol. The minimum absolute atomic E-state index is 0.918. The molecule has 0 unspecified atom stereocenters. The average Bonchev–Trinajstić information content (AvgIpc) is 3.01. The van der Waals surface area contributed by atoms with E-state index < -0.39 is 58.5 Å². The van der Waals surface area contributed by atoms with Gasteiger partial charge in [0, 0.05) is 0 Å². The average molecular weight is 883 g/mol. The number of hydrogen-bond donors (Lipinski definition) is 1. The Morgan fingerprint density at radius 1 is 0.522 bits per heavy atom. The first-order valence-electron chi connectivity index (χ1n) is 19.9. The Morgan fingerprint density at radius 3 is 1.00 bits per heavy atom. The molecule has 0 atom stereocenters. The van der Waals surface area contributed by atoms with E-state index in [0.29, 0.717) is 0 Å². The maximum atomic E-state index is 14.6. The normalized spacial score (nSPS) is 15.3. The summed E-state index contributed by atoms with van der Waals surface area (Å²) in [5.41, 5.74) is 6.01. The molecule has 0 spiro atoms. The van der Waals surface area contributed by atoms with E-state index in [1.54, 1.807) is 7.18 Å². The Hall–Kier alpha value is 0.691. The molecule has 1 nitrogen and oxygen atoms in total. The zero-order chi connectivity index (χ0) is 34.9. The molecule has 0 heterocycles. The Kier molecular flexibility index (Phi) is 21.2. The van der Waals surface area contributed by atoms with Crippen LogP contribution >= 0.6 is 0 Å². The molecular formula is C41H80OSi2Sn2. The number of aliphatic hydroxyl groups is 1. The fraction of sp³-hybridized carbons (Fsp3) is 0.756. The molecule has 0 aliphatic carbocycles. The van der Waals surface area contributed by atoms with E-state index >= 15 is 0 Å². The Balaban J connectivity index is 4.66. The van der Waals surface area contributed by atoms with Gasteiger partial charge in [-0.25, -0.2) is 0 Å². The third kappa shape index (κ3) is 13.8. The molecule has 1 N–H and O–H groups in total. The molecule has 0 saturated heterocycles. The summed E-state index contributed by atoms with van der Waals surface area (Å²) in [6, 6.07) is 11.4.